The number of ether oxygens (including phenoxy) is 1. The zero-order valence-corrected chi connectivity index (χ0v) is 19.3. The fourth-order valence-corrected chi connectivity index (χ4v) is 5.97. The highest BCUT2D eigenvalue weighted by Crippen LogP contribution is 2.55. The van der Waals surface area contributed by atoms with Crippen LogP contribution in [0, 0.1) is 29.1 Å². The van der Waals surface area contributed by atoms with Gasteiger partial charge in [-0.15, -0.1) is 0 Å². The maximum atomic E-state index is 12.7. The minimum Gasteiger partial charge on any atom is -0.392 e. The summed E-state index contributed by atoms with van der Waals surface area (Å²) in [4.78, 5) is 25.3. The van der Waals surface area contributed by atoms with Crippen LogP contribution in [0.1, 0.15) is 56.8 Å². The van der Waals surface area contributed by atoms with E-state index < -0.39 is 6.10 Å². The lowest BCUT2D eigenvalue weighted by molar-refractivity contribution is -0.142. The van der Waals surface area contributed by atoms with Crippen molar-refractivity contribution in [3.63, 3.8) is 0 Å². The van der Waals surface area contributed by atoms with Crippen molar-refractivity contribution >= 4 is 11.8 Å². The van der Waals surface area contributed by atoms with E-state index in [2.05, 4.69) is 24.5 Å². The molecule has 2 fully saturated rings. The summed E-state index contributed by atoms with van der Waals surface area (Å²) in [5, 5.41) is 17.6. The Kier molecular flexibility index (Phi) is 7.76. The minimum absolute atomic E-state index is 0.0185. The van der Waals surface area contributed by atoms with Crippen LogP contribution in [-0.4, -0.2) is 49.3 Å². The number of methoxy groups -OCH3 is 1. The normalized spacial score (nSPS) is 33.8. The molecule has 6 nitrogen and oxygen atoms in total. The number of carbonyl (C=O) groups is 2. The number of aliphatic hydroxyl groups is 1. The molecular formula is C25H38N2O4. The summed E-state index contributed by atoms with van der Waals surface area (Å²) in [5.74, 6) is -0.242. The third-order valence-corrected chi connectivity index (χ3v) is 7.90. The van der Waals surface area contributed by atoms with Gasteiger partial charge in [0, 0.05) is 31.2 Å². The smallest absolute Gasteiger partial charge is 0.251 e. The summed E-state index contributed by atoms with van der Waals surface area (Å²) >= 11 is 0. The van der Waals surface area contributed by atoms with Crippen LogP contribution in [0.2, 0.25) is 0 Å². The number of fused-ring (bicyclic) bond motifs is 1. The number of hydrogen-bond acceptors (Lipinski definition) is 4. The average molecular weight is 431 g/mol. The number of benzene rings is 1. The number of nitrogens with one attached hydrogen (secondary N) is 2. The van der Waals surface area contributed by atoms with E-state index in [-0.39, 0.29) is 46.9 Å². The number of hydrogen-bond donors (Lipinski definition) is 3. The van der Waals surface area contributed by atoms with E-state index in [9.17, 15) is 14.7 Å². The lowest BCUT2D eigenvalue weighted by Gasteiger charge is -2.56. The molecule has 0 unspecified atom stereocenters. The van der Waals surface area contributed by atoms with E-state index in [1.165, 1.54) is 0 Å². The molecule has 2 aliphatic rings. The number of rotatable bonds is 7. The van der Waals surface area contributed by atoms with Crippen molar-refractivity contribution in [3.8, 4) is 0 Å². The Hall–Kier alpha value is -1.92. The highest BCUT2D eigenvalue weighted by molar-refractivity contribution is 5.94. The fourth-order valence-electron chi connectivity index (χ4n) is 5.97. The average Bonchev–Trinajstić information content (AvgIpc) is 2.76. The van der Waals surface area contributed by atoms with E-state index >= 15 is 0 Å². The van der Waals surface area contributed by atoms with Crippen molar-refractivity contribution in [2.24, 2.45) is 29.1 Å². The Balaban J connectivity index is 1.70. The Bertz CT molecular complexity index is 755. The Labute approximate surface area is 186 Å². The number of carbonyl (C=O) groups excluding carboxylic acids is 2. The minimum atomic E-state index is -0.562. The zero-order chi connectivity index (χ0) is 22.6. The zero-order valence-electron chi connectivity index (χ0n) is 19.3. The molecule has 0 aliphatic heterocycles. The summed E-state index contributed by atoms with van der Waals surface area (Å²) in [6.07, 6.45) is 3.17. The highest BCUT2D eigenvalue weighted by atomic mass is 16.5. The van der Waals surface area contributed by atoms with Crippen molar-refractivity contribution in [3.05, 3.63) is 35.9 Å². The van der Waals surface area contributed by atoms with E-state index in [0.717, 1.165) is 25.7 Å². The lowest BCUT2D eigenvalue weighted by Crippen LogP contribution is -2.58. The van der Waals surface area contributed by atoms with Gasteiger partial charge in [0.1, 0.15) is 0 Å². The van der Waals surface area contributed by atoms with Gasteiger partial charge >= 0.3 is 0 Å². The molecule has 2 saturated carbocycles. The molecule has 2 amide bonds. The Morgan fingerprint density at radius 3 is 2.58 bits per heavy atom. The monoisotopic (exact) mass is 430 g/mol. The van der Waals surface area contributed by atoms with Crippen LogP contribution in [0.25, 0.3) is 0 Å². The first kappa shape index (κ1) is 23.7. The second-order valence-corrected chi connectivity index (χ2v) is 9.79. The highest BCUT2D eigenvalue weighted by Gasteiger charge is 2.53. The molecule has 0 radical (unpaired) electrons. The molecule has 3 N–H and O–H groups in total. The Morgan fingerprint density at radius 2 is 1.90 bits per heavy atom. The molecule has 0 spiro atoms. The van der Waals surface area contributed by atoms with Crippen LogP contribution in [0.4, 0.5) is 0 Å². The predicted octanol–water partition coefficient (Wildman–Crippen LogP) is 3.01. The molecule has 0 heterocycles. The van der Waals surface area contributed by atoms with Crippen molar-refractivity contribution in [1.82, 2.24) is 10.6 Å². The molecule has 0 aromatic heterocycles. The number of amides is 2. The van der Waals surface area contributed by atoms with Gasteiger partial charge in [0.15, 0.2) is 0 Å². The summed E-state index contributed by atoms with van der Waals surface area (Å²) in [6.45, 7) is 7.29. The molecule has 0 saturated heterocycles. The predicted molar refractivity (Wildman–Crippen MR) is 120 cm³/mol. The van der Waals surface area contributed by atoms with Gasteiger partial charge in [-0.2, -0.15) is 0 Å². The third-order valence-electron chi connectivity index (χ3n) is 7.90. The SMILES string of the molecule is COCCNC(=O)[C@@H](C)[C@@H]1CC[C@]2(C)CC[C@H](NC(=O)c3ccccc3)[C@H](C)[C@@H]2[C@H]1O. The summed E-state index contributed by atoms with van der Waals surface area (Å²) in [6, 6.07) is 9.29. The molecule has 6 heteroatoms. The first-order valence-electron chi connectivity index (χ1n) is 11.6. The summed E-state index contributed by atoms with van der Waals surface area (Å²) in [7, 11) is 1.61. The van der Waals surface area contributed by atoms with Crippen LogP contribution < -0.4 is 10.6 Å². The molecule has 1 aromatic carbocycles. The van der Waals surface area contributed by atoms with Crippen LogP contribution in [0.5, 0.6) is 0 Å². The van der Waals surface area contributed by atoms with Gasteiger partial charge < -0.3 is 20.5 Å². The van der Waals surface area contributed by atoms with Gasteiger partial charge in [0.2, 0.25) is 5.91 Å². The van der Waals surface area contributed by atoms with Gasteiger partial charge in [-0.05, 0) is 61.0 Å². The van der Waals surface area contributed by atoms with Gasteiger partial charge in [-0.3, -0.25) is 9.59 Å². The third kappa shape index (κ3) is 5.12. The maximum absolute atomic E-state index is 12.7. The van der Waals surface area contributed by atoms with Crippen molar-refractivity contribution in [2.75, 3.05) is 20.3 Å². The maximum Gasteiger partial charge on any atom is 0.251 e. The molecule has 2 aliphatic carbocycles. The van der Waals surface area contributed by atoms with Gasteiger partial charge in [-0.1, -0.05) is 39.0 Å². The quantitative estimate of drug-likeness (QED) is 0.581. The standard InChI is InChI=1S/C25H38N2O4/c1-16(23(29)26-14-15-31-4)19-10-12-25(3)13-11-20(17(2)21(25)22(19)28)27-24(30)18-8-6-5-7-9-18/h5-9,16-17,19-22,28H,10-15H2,1-4H3,(H,26,29)(H,27,30)/t16-,17-,19-,20-,21+,22-,25+/m0/s1. The molecule has 1 aromatic rings. The Morgan fingerprint density at radius 1 is 1.23 bits per heavy atom. The fraction of sp³-hybridized carbons (Fsp3) is 0.680. The van der Waals surface area contributed by atoms with Crippen LogP contribution >= 0.6 is 0 Å². The van der Waals surface area contributed by atoms with E-state index in [4.69, 9.17) is 4.74 Å². The second kappa shape index (κ2) is 10.1. The van der Waals surface area contributed by atoms with Crippen LogP contribution in [0.3, 0.4) is 0 Å². The molecule has 31 heavy (non-hydrogen) atoms. The van der Waals surface area contributed by atoms with E-state index in [1.807, 2.05) is 37.3 Å². The van der Waals surface area contributed by atoms with Gasteiger partial charge in [0.25, 0.3) is 5.91 Å². The van der Waals surface area contributed by atoms with E-state index in [1.54, 1.807) is 7.11 Å². The van der Waals surface area contributed by atoms with Crippen LogP contribution in [-0.2, 0) is 9.53 Å². The second-order valence-electron chi connectivity index (χ2n) is 9.79. The molecule has 0 bridgehead atoms. The molecule has 3 rings (SSSR count). The first-order chi connectivity index (χ1) is 14.8. The van der Waals surface area contributed by atoms with Crippen molar-refractivity contribution < 1.29 is 19.4 Å². The summed E-state index contributed by atoms with van der Waals surface area (Å²) < 4.78 is 5.01. The van der Waals surface area contributed by atoms with Crippen molar-refractivity contribution in [1.29, 1.82) is 0 Å². The molecule has 7 atom stereocenters. The first-order valence-corrected chi connectivity index (χ1v) is 11.6. The number of aliphatic hydroxyl groups excluding tert-OH is 1. The topological polar surface area (TPSA) is 87.7 Å². The molecular weight excluding hydrogens is 392 g/mol. The lowest BCUT2D eigenvalue weighted by atomic mass is 9.51. The van der Waals surface area contributed by atoms with Gasteiger partial charge in [0.05, 0.1) is 12.7 Å². The van der Waals surface area contributed by atoms with Crippen molar-refractivity contribution in [2.45, 2.75) is 58.6 Å². The molecule has 172 valence electrons. The van der Waals surface area contributed by atoms with E-state index in [0.29, 0.717) is 18.7 Å². The van der Waals surface area contributed by atoms with Crippen LogP contribution in [0.15, 0.2) is 30.3 Å². The van der Waals surface area contributed by atoms with Gasteiger partial charge in [-0.25, -0.2) is 0 Å². The largest absolute Gasteiger partial charge is 0.392 e. The summed E-state index contributed by atoms with van der Waals surface area (Å²) in [5.41, 5.74) is 0.696.